The van der Waals surface area contributed by atoms with E-state index in [4.69, 9.17) is 9.47 Å². The number of aromatic nitrogens is 2. The zero-order chi connectivity index (χ0) is 22.2. The van der Waals surface area contributed by atoms with E-state index in [9.17, 15) is 9.59 Å². The fraction of sp³-hybridized carbons (Fsp3) is 0.348. The van der Waals surface area contributed by atoms with Crippen molar-refractivity contribution >= 4 is 32.7 Å². The number of amides is 1. The van der Waals surface area contributed by atoms with Crippen molar-refractivity contribution in [2.75, 3.05) is 13.7 Å². The van der Waals surface area contributed by atoms with Crippen LogP contribution in [-0.2, 0) is 17.9 Å². The van der Waals surface area contributed by atoms with Gasteiger partial charge in [0, 0.05) is 24.0 Å². The van der Waals surface area contributed by atoms with Gasteiger partial charge in [-0.2, -0.15) is 0 Å². The Morgan fingerprint density at radius 3 is 2.81 bits per heavy atom. The largest absolute Gasteiger partial charge is 0.493 e. The molecule has 8 heteroatoms. The van der Waals surface area contributed by atoms with E-state index in [1.807, 2.05) is 24.3 Å². The molecule has 0 radical (unpaired) electrons. The number of methoxy groups -OCH3 is 1. The Labute approximate surface area is 189 Å². The molecule has 2 aromatic carbocycles. The van der Waals surface area contributed by atoms with Crippen molar-refractivity contribution in [3.05, 3.63) is 63.1 Å². The third-order valence-electron chi connectivity index (χ3n) is 4.84. The Balaban J connectivity index is 1.56. The van der Waals surface area contributed by atoms with Gasteiger partial charge in [0.15, 0.2) is 11.5 Å². The Kier molecular flexibility index (Phi) is 8.06. The van der Waals surface area contributed by atoms with Crippen molar-refractivity contribution in [3.63, 3.8) is 0 Å². The summed E-state index contributed by atoms with van der Waals surface area (Å²) in [7, 11) is 1.60. The summed E-state index contributed by atoms with van der Waals surface area (Å²) in [6.45, 7) is 3.37. The van der Waals surface area contributed by atoms with Crippen LogP contribution in [0.25, 0.3) is 10.9 Å². The molecule has 0 aliphatic rings. The third-order valence-corrected chi connectivity index (χ3v) is 5.33. The zero-order valence-electron chi connectivity index (χ0n) is 17.7. The second kappa shape index (κ2) is 10.9. The molecule has 7 nitrogen and oxygen atoms in total. The molecule has 0 unspecified atom stereocenters. The molecule has 0 atom stereocenters. The van der Waals surface area contributed by atoms with Crippen LogP contribution in [0, 0.1) is 0 Å². The number of unbranched alkanes of at least 4 members (excludes halogenated alkanes) is 1. The number of hydrogen-bond donors (Lipinski definition) is 1. The molecular weight excluding hydrogens is 462 g/mol. The van der Waals surface area contributed by atoms with Gasteiger partial charge in [0.25, 0.3) is 5.56 Å². The molecule has 1 amide bonds. The number of carbonyl (C=O) groups is 1. The number of hydrogen-bond acceptors (Lipinski definition) is 5. The third kappa shape index (κ3) is 6.07. The minimum Gasteiger partial charge on any atom is -0.493 e. The summed E-state index contributed by atoms with van der Waals surface area (Å²) >= 11 is 3.37. The average Bonchev–Trinajstić information content (AvgIpc) is 2.78. The maximum atomic E-state index is 12.6. The highest BCUT2D eigenvalue weighted by molar-refractivity contribution is 9.10. The topological polar surface area (TPSA) is 82.5 Å². The van der Waals surface area contributed by atoms with Gasteiger partial charge in [-0.15, -0.1) is 0 Å². The number of rotatable bonds is 10. The number of benzene rings is 2. The summed E-state index contributed by atoms with van der Waals surface area (Å²) in [5.74, 6) is 1.19. The van der Waals surface area contributed by atoms with Crippen LogP contribution < -0.4 is 20.3 Å². The molecule has 1 heterocycles. The number of aryl methyl sites for hydroxylation is 1. The first-order valence-corrected chi connectivity index (χ1v) is 11.0. The quantitative estimate of drug-likeness (QED) is 0.436. The normalized spacial score (nSPS) is 10.8. The second-order valence-electron chi connectivity index (χ2n) is 7.12. The molecule has 0 fully saturated rings. The summed E-state index contributed by atoms with van der Waals surface area (Å²) < 4.78 is 13.4. The molecule has 1 aromatic heterocycles. The molecule has 3 rings (SSSR count). The van der Waals surface area contributed by atoms with Crippen LogP contribution in [0.1, 0.15) is 31.7 Å². The van der Waals surface area contributed by atoms with E-state index in [0.29, 0.717) is 35.6 Å². The number of nitrogens with one attached hydrogen (secondary N) is 1. The summed E-state index contributed by atoms with van der Waals surface area (Å²) in [6.07, 6.45) is 3.70. The van der Waals surface area contributed by atoms with E-state index >= 15 is 0 Å². The highest BCUT2D eigenvalue weighted by Crippen LogP contribution is 2.28. The van der Waals surface area contributed by atoms with Crippen LogP contribution in [0.5, 0.6) is 11.5 Å². The molecule has 164 valence electrons. The number of ether oxygens (including phenoxy) is 2. The van der Waals surface area contributed by atoms with Gasteiger partial charge in [0.05, 0.1) is 30.9 Å². The van der Waals surface area contributed by atoms with Gasteiger partial charge in [0.1, 0.15) is 0 Å². The number of carbonyl (C=O) groups excluding carboxylic acids is 1. The van der Waals surface area contributed by atoms with Crippen LogP contribution >= 0.6 is 15.9 Å². The first kappa shape index (κ1) is 22.8. The Morgan fingerprint density at radius 2 is 2.03 bits per heavy atom. The van der Waals surface area contributed by atoms with Crippen LogP contribution in [0.3, 0.4) is 0 Å². The van der Waals surface area contributed by atoms with E-state index in [1.165, 1.54) is 10.9 Å². The molecular formula is C23H26BrN3O4. The minimum absolute atomic E-state index is 0.150. The number of halogens is 1. The fourth-order valence-electron chi connectivity index (χ4n) is 3.07. The van der Waals surface area contributed by atoms with Crippen molar-refractivity contribution in [1.29, 1.82) is 0 Å². The summed E-state index contributed by atoms with van der Waals surface area (Å²) in [6, 6.07) is 11.0. The van der Waals surface area contributed by atoms with Crippen LogP contribution in [0.4, 0.5) is 0 Å². The zero-order valence-corrected chi connectivity index (χ0v) is 19.3. The van der Waals surface area contributed by atoms with Crippen molar-refractivity contribution in [2.24, 2.45) is 0 Å². The molecule has 0 bridgehead atoms. The van der Waals surface area contributed by atoms with Gasteiger partial charge >= 0.3 is 0 Å². The standard InChI is InChI=1S/C23H26BrN3O4/c1-3-4-11-31-20-8-5-16(12-21(20)30-2)14-25-22(28)9-10-27-15-26-19-7-6-17(24)13-18(19)23(27)29/h5-8,12-13,15H,3-4,9-11,14H2,1-2H3,(H,25,28). The Bertz CT molecular complexity index is 1110. The lowest BCUT2D eigenvalue weighted by Crippen LogP contribution is -2.27. The summed E-state index contributed by atoms with van der Waals surface area (Å²) in [4.78, 5) is 29.2. The first-order chi connectivity index (χ1) is 15.0. The van der Waals surface area contributed by atoms with Gasteiger partial charge in [-0.3, -0.25) is 14.2 Å². The fourth-order valence-corrected chi connectivity index (χ4v) is 3.43. The van der Waals surface area contributed by atoms with E-state index in [0.717, 1.165) is 22.9 Å². The van der Waals surface area contributed by atoms with E-state index in [-0.39, 0.29) is 24.4 Å². The maximum Gasteiger partial charge on any atom is 0.261 e. The summed E-state index contributed by atoms with van der Waals surface area (Å²) in [5, 5.41) is 3.40. The molecule has 31 heavy (non-hydrogen) atoms. The SMILES string of the molecule is CCCCOc1ccc(CNC(=O)CCn2cnc3ccc(Br)cc3c2=O)cc1OC. The van der Waals surface area contributed by atoms with Crippen molar-refractivity contribution in [2.45, 2.75) is 39.3 Å². The molecule has 1 N–H and O–H groups in total. The van der Waals surface area contributed by atoms with Crippen LogP contribution in [0.2, 0.25) is 0 Å². The van der Waals surface area contributed by atoms with Gasteiger partial charge in [-0.05, 0) is 42.3 Å². The average molecular weight is 488 g/mol. The van der Waals surface area contributed by atoms with E-state index in [1.54, 1.807) is 19.2 Å². The van der Waals surface area contributed by atoms with Crippen molar-refractivity contribution in [3.8, 4) is 11.5 Å². The van der Waals surface area contributed by atoms with E-state index in [2.05, 4.69) is 33.2 Å². The molecule has 0 saturated carbocycles. The lowest BCUT2D eigenvalue weighted by molar-refractivity contribution is -0.121. The Hall–Kier alpha value is -2.87. The number of nitrogens with zero attached hydrogens (tertiary/aromatic N) is 2. The lowest BCUT2D eigenvalue weighted by Gasteiger charge is -2.12. The monoisotopic (exact) mass is 487 g/mol. The highest BCUT2D eigenvalue weighted by atomic mass is 79.9. The first-order valence-electron chi connectivity index (χ1n) is 10.2. The molecule has 0 aliphatic carbocycles. The van der Waals surface area contributed by atoms with Gasteiger partial charge in [0.2, 0.25) is 5.91 Å². The van der Waals surface area contributed by atoms with Gasteiger partial charge < -0.3 is 14.8 Å². The lowest BCUT2D eigenvalue weighted by atomic mass is 10.2. The Morgan fingerprint density at radius 1 is 1.19 bits per heavy atom. The number of fused-ring (bicyclic) bond motifs is 1. The van der Waals surface area contributed by atoms with Gasteiger partial charge in [-0.1, -0.05) is 35.3 Å². The smallest absolute Gasteiger partial charge is 0.261 e. The summed E-state index contributed by atoms with van der Waals surface area (Å²) in [5.41, 5.74) is 1.37. The minimum atomic E-state index is -0.164. The second-order valence-corrected chi connectivity index (χ2v) is 8.03. The van der Waals surface area contributed by atoms with Crippen LogP contribution in [0.15, 0.2) is 52.0 Å². The molecule has 0 aliphatic heterocycles. The molecule has 0 saturated heterocycles. The maximum absolute atomic E-state index is 12.6. The van der Waals surface area contributed by atoms with Crippen LogP contribution in [-0.4, -0.2) is 29.2 Å². The van der Waals surface area contributed by atoms with Crippen molar-refractivity contribution in [1.82, 2.24) is 14.9 Å². The van der Waals surface area contributed by atoms with E-state index < -0.39 is 0 Å². The molecule has 3 aromatic rings. The van der Waals surface area contributed by atoms with Crippen molar-refractivity contribution < 1.29 is 14.3 Å². The predicted octanol–water partition coefficient (Wildman–Crippen LogP) is 4.05. The predicted molar refractivity (Wildman–Crippen MR) is 124 cm³/mol. The van der Waals surface area contributed by atoms with Gasteiger partial charge in [-0.25, -0.2) is 4.98 Å². The highest BCUT2D eigenvalue weighted by Gasteiger charge is 2.09. The molecule has 0 spiro atoms.